The normalized spacial score (nSPS) is 13.7. The van der Waals surface area contributed by atoms with E-state index >= 15 is 0 Å². The van der Waals surface area contributed by atoms with Crippen molar-refractivity contribution in [2.45, 2.75) is 277 Å². The molecule has 0 aliphatic heterocycles. The molecule has 0 saturated carbocycles. The van der Waals surface area contributed by atoms with Gasteiger partial charge < -0.3 is 20.1 Å². The van der Waals surface area contributed by atoms with Crippen LogP contribution in [0, 0.1) is 0 Å². The Balaban J connectivity index is 3.94. The second-order valence-corrected chi connectivity index (χ2v) is 21.6. The summed E-state index contributed by atoms with van der Waals surface area (Å²) in [7, 11) is -4.39. The van der Waals surface area contributed by atoms with Crippen LogP contribution in [0.4, 0.5) is 0 Å². The Hall–Kier alpha value is -3.07. The molecule has 0 rings (SSSR count). The molecule has 0 saturated heterocycles. The molecule has 0 bridgehead atoms. The summed E-state index contributed by atoms with van der Waals surface area (Å²) in [6.07, 6.45) is 80.4. The van der Waals surface area contributed by atoms with Gasteiger partial charge in [-0.2, -0.15) is 0 Å². The molecule has 9 nitrogen and oxygen atoms in total. The van der Waals surface area contributed by atoms with Crippen LogP contribution in [0.2, 0.25) is 0 Å². The largest absolute Gasteiger partial charge is 0.472 e. The molecule has 0 heterocycles. The van der Waals surface area contributed by atoms with Crippen molar-refractivity contribution in [1.82, 2.24) is 0 Å². The van der Waals surface area contributed by atoms with Crippen molar-refractivity contribution in [2.75, 3.05) is 26.4 Å². The number of nitrogens with two attached hydrogens (primary N) is 1. The van der Waals surface area contributed by atoms with Crippen LogP contribution in [0.1, 0.15) is 271 Å². The quantitative estimate of drug-likeness (QED) is 0.0264. The molecule has 0 radical (unpaired) electrons. The second kappa shape index (κ2) is 60.2. The van der Waals surface area contributed by atoms with Gasteiger partial charge in [-0.25, -0.2) is 4.57 Å². The van der Waals surface area contributed by atoms with Crippen LogP contribution in [-0.2, 0) is 32.7 Å². The van der Waals surface area contributed by atoms with Gasteiger partial charge in [0.2, 0.25) is 0 Å². The number of carbonyl (C=O) groups excluding carboxylic acids is 2. The van der Waals surface area contributed by atoms with Gasteiger partial charge in [0.25, 0.3) is 0 Å². The maximum atomic E-state index is 12.7. The molecule has 0 aliphatic carbocycles. The first kappa shape index (κ1) is 71.9. The Morgan fingerprint density at radius 2 is 0.693 bits per heavy atom. The van der Waals surface area contributed by atoms with E-state index in [1.807, 2.05) is 0 Å². The Labute approximate surface area is 461 Å². The van der Waals surface area contributed by atoms with Gasteiger partial charge in [0.1, 0.15) is 6.61 Å². The monoisotopic (exact) mass is 1070 g/mol. The number of phosphoric ester groups is 1. The smallest absolute Gasteiger partial charge is 0.462 e. The number of carbonyl (C=O) groups is 2. The Morgan fingerprint density at radius 1 is 0.400 bits per heavy atom. The molecule has 10 heteroatoms. The predicted molar refractivity (Wildman–Crippen MR) is 321 cm³/mol. The maximum absolute atomic E-state index is 12.7. The number of esters is 2. The van der Waals surface area contributed by atoms with Gasteiger partial charge >= 0.3 is 19.8 Å². The van der Waals surface area contributed by atoms with Crippen molar-refractivity contribution in [3.05, 3.63) is 97.2 Å². The van der Waals surface area contributed by atoms with Crippen molar-refractivity contribution in [3.63, 3.8) is 0 Å². The van der Waals surface area contributed by atoms with Gasteiger partial charge in [-0.05, 0) is 89.9 Å². The molecule has 0 spiro atoms. The summed E-state index contributed by atoms with van der Waals surface area (Å²) in [5, 5.41) is 0. The predicted octanol–water partition coefficient (Wildman–Crippen LogP) is 19.6. The lowest BCUT2D eigenvalue weighted by Crippen LogP contribution is -2.29. The number of hydrogen-bond donors (Lipinski definition) is 2. The molecule has 3 N–H and O–H groups in total. The highest BCUT2D eigenvalue weighted by molar-refractivity contribution is 7.47. The van der Waals surface area contributed by atoms with E-state index < -0.39 is 26.5 Å². The van der Waals surface area contributed by atoms with Gasteiger partial charge in [-0.1, -0.05) is 265 Å². The van der Waals surface area contributed by atoms with Gasteiger partial charge in [0.15, 0.2) is 6.10 Å². The maximum Gasteiger partial charge on any atom is 0.472 e. The van der Waals surface area contributed by atoms with Crippen molar-refractivity contribution >= 4 is 19.8 Å². The fraction of sp³-hybridized carbons (Fsp3) is 0.723. The Kier molecular flexibility index (Phi) is 57.7. The zero-order chi connectivity index (χ0) is 54.5. The zero-order valence-electron chi connectivity index (χ0n) is 48.3. The summed E-state index contributed by atoms with van der Waals surface area (Å²) in [5.41, 5.74) is 5.39. The Morgan fingerprint density at radius 3 is 1.03 bits per heavy atom. The highest BCUT2D eigenvalue weighted by Crippen LogP contribution is 2.43. The number of rotatable bonds is 57. The van der Waals surface area contributed by atoms with Gasteiger partial charge in [-0.3, -0.25) is 18.6 Å². The molecule has 432 valence electrons. The summed E-state index contributed by atoms with van der Waals surface area (Å²) in [6.45, 7) is 3.54. The van der Waals surface area contributed by atoms with E-state index in [9.17, 15) is 19.0 Å². The number of allylic oxidation sites excluding steroid dienone is 16. The first-order valence-corrected chi connectivity index (χ1v) is 32.2. The SMILES string of the molecule is CC/C=C\C/C=C\C/C=C\C/C=C\CCCCCCCCCCCCCCCCC(=O)OCC(COP(=O)(O)OCCN)OC(=O)CCCCCCCCCCCCCCCC/C=C\C/C=C\C/C=C\C/C=C\CC. The summed E-state index contributed by atoms with van der Waals surface area (Å²) < 4.78 is 33.1. The first-order valence-electron chi connectivity index (χ1n) is 30.7. The van der Waals surface area contributed by atoms with Crippen LogP contribution in [-0.4, -0.2) is 49.3 Å². The first-order chi connectivity index (χ1) is 36.8. The fourth-order valence-corrected chi connectivity index (χ4v) is 9.27. The zero-order valence-corrected chi connectivity index (χ0v) is 49.2. The van der Waals surface area contributed by atoms with Gasteiger partial charge in [0.05, 0.1) is 13.2 Å². The molecule has 0 amide bonds. The number of unbranched alkanes of at least 4 members (excludes halogenated alkanes) is 28. The molecule has 75 heavy (non-hydrogen) atoms. The molecule has 0 aromatic carbocycles. The number of hydrogen-bond acceptors (Lipinski definition) is 8. The van der Waals surface area contributed by atoms with Crippen LogP contribution in [0.3, 0.4) is 0 Å². The van der Waals surface area contributed by atoms with E-state index in [4.69, 9.17) is 24.3 Å². The molecule has 2 unspecified atom stereocenters. The van der Waals surface area contributed by atoms with E-state index in [1.165, 1.54) is 148 Å². The molecular weight excluding hydrogens is 954 g/mol. The highest BCUT2D eigenvalue weighted by Gasteiger charge is 2.26. The minimum absolute atomic E-state index is 0.0504. The standard InChI is InChI=1S/C65H114NO8P/c1-3-5-7-9-11-13-15-17-19-21-23-25-27-29-31-33-35-37-39-41-43-45-47-49-51-53-55-57-64(67)71-61-63(62-73-75(69,70)72-60-59-66)74-65(68)58-56-54-52-50-48-46-44-42-40-38-36-34-32-30-28-26-24-22-20-18-16-14-12-10-8-6-4-2/h5-8,11-14,17-20,23-26,63H,3-4,9-10,15-16,21-22,27-62,66H2,1-2H3,(H,69,70)/b7-5-,8-6-,13-11-,14-12-,19-17-,20-18-,25-23-,26-24-. The number of ether oxygens (including phenoxy) is 2. The summed E-state index contributed by atoms with van der Waals surface area (Å²) in [4.78, 5) is 35.3. The van der Waals surface area contributed by atoms with Crippen LogP contribution in [0.15, 0.2) is 97.2 Å². The minimum atomic E-state index is -4.39. The number of phosphoric acid groups is 1. The average Bonchev–Trinajstić information content (AvgIpc) is 3.40. The van der Waals surface area contributed by atoms with Crippen molar-refractivity contribution in [2.24, 2.45) is 5.73 Å². The van der Waals surface area contributed by atoms with E-state index in [0.717, 1.165) is 89.9 Å². The molecule has 0 aliphatic rings. The average molecular weight is 1070 g/mol. The lowest BCUT2D eigenvalue weighted by molar-refractivity contribution is -0.161. The van der Waals surface area contributed by atoms with Gasteiger partial charge in [0, 0.05) is 19.4 Å². The molecule has 0 aromatic rings. The summed E-state index contributed by atoms with van der Waals surface area (Å²) >= 11 is 0. The summed E-state index contributed by atoms with van der Waals surface area (Å²) in [6, 6.07) is 0. The molecule has 0 aromatic heterocycles. The van der Waals surface area contributed by atoms with Crippen molar-refractivity contribution in [3.8, 4) is 0 Å². The van der Waals surface area contributed by atoms with E-state index in [1.54, 1.807) is 0 Å². The van der Waals surface area contributed by atoms with Gasteiger partial charge in [-0.15, -0.1) is 0 Å². The van der Waals surface area contributed by atoms with Crippen LogP contribution >= 0.6 is 7.82 Å². The fourth-order valence-electron chi connectivity index (χ4n) is 8.50. The van der Waals surface area contributed by atoms with Crippen molar-refractivity contribution < 1.29 is 37.6 Å². The van der Waals surface area contributed by atoms with E-state index in [-0.39, 0.29) is 38.6 Å². The summed E-state index contributed by atoms with van der Waals surface area (Å²) in [5.74, 6) is -0.825. The third-order valence-corrected chi connectivity index (χ3v) is 13.9. The van der Waals surface area contributed by atoms with Crippen LogP contribution < -0.4 is 5.73 Å². The third-order valence-electron chi connectivity index (χ3n) is 13.0. The lowest BCUT2D eigenvalue weighted by Gasteiger charge is -2.19. The third kappa shape index (κ3) is 60.0. The lowest BCUT2D eigenvalue weighted by atomic mass is 10.0. The highest BCUT2D eigenvalue weighted by atomic mass is 31.2. The molecule has 2 atom stereocenters. The second-order valence-electron chi connectivity index (χ2n) is 20.2. The van der Waals surface area contributed by atoms with Crippen LogP contribution in [0.5, 0.6) is 0 Å². The minimum Gasteiger partial charge on any atom is -0.462 e. The van der Waals surface area contributed by atoms with Crippen LogP contribution in [0.25, 0.3) is 0 Å². The van der Waals surface area contributed by atoms with E-state index in [0.29, 0.717) is 6.42 Å². The molecule has 0 fully saturated rings. The Bertz CT molecular complexity index is 1550. The van der Waals surface area contributed by atoms with Crippen molar-refractivity contribution in [1.29, 1.82) is 0 Å². The topological polar surface area (TPSA) is 134 Å². The van der Waals surface area contributed by atoms with E-state index in [2.05, 4.69) is 111 Å². The molecular formula is C65H114NO8P.